The Morgan fingerprint density at radius 1 is 1.88 bits per heavy atom. The second-order valence-electron chi connectivity index (χ2n) is 1.48. The predicted molar refractivity (Wildman–Crippen MR) is 32.9 cm³/mol. The molecule has 46 valence electrons. The predicted octanol–water partition coefficient (Wildman–Crippen LogP) is 0.842. The second kappa shape index (κ2) is 3.04. The zero-order chi connectivity index (χ0) is 5.82. The lowest BCUT2D eigenvalue weighted by Gasteiger charge is -1.98. The molecule has 0 saturated carbocycles. The van der Waals surface area contributed by atoms with Crippen molar-refractivity contribution in [3.63, 3.8) is 0 Å². The first-order valence-electron chi connectivity index (χ1n) is 2.46. The van der Waals surface area contributed by atoms with Crippen LogP contribution in [0.2, 0.25) is 0 Å². The third kappa shape index (κ3) is 1.45. The summed E-state index contributed by atoms with van der Waals surface area (Å²) in [5, 5.41) is 2.72. The molecule has 1 atom stereocenters. The van der Waals surface area contributed by atoms with Crippen LogP contribution in [-0.2, 0) is 4.74 Å². The summed E-state index contributed by atoms with van der Waals surface area (Å²) in [4.78, 5) is 9.62. The minimum absolute atomic E-state index is 0.0486. The fourth-order valence-corrected chi connectivity index (χ4v) is 1.39. The van der Waals surface area contributed by atoms with Crippen molar-refractivity contribution < 1.29 is 4.74 Å². The lowest BCUT2D eigenvalue weighted by Crippen LogP contribution is -2.03. The molecule has 1 unspecified atom stereocenters. The average molecular weight is 133 g/mol. The zero-order valence-electron chi connectivity index (χ0n) is 4.37. The van der Waals surface area contributed by atoms with E-state index in [0.717, 1.165) is 12.4 Å². The topological polar surface area (TPSA) is 38.7 Å². The number of nitroso groups, excluding NO2 is 1. The van der Waals surface area contributed by atoms with E-state index in [1.165, 1.54) is 0 Å². The lowest BCUT2D eigenvalue weighted by atomic mass is 10.7. The average Bonchev–Trinajstić information content (AvgIpc) is 2.19. The maximum atomic E-state index is 9.62. The molecule has 1 saturated heterocycles. The molecule has 0 bridgehead atoms. The van der Waals surface area contributed by atoms with Crippen LogP contribution in [0.4, 0.5) is 0 Å². The van der Waals surface area contributed by atoms with Crippen molar-refractivity contribution >= 4 is 11.8 Å². The zero-order valence-corrected chi connectivity index (χ0v) is 5.19. The second-order valence-corrected chi connectivity index (χ2v) is 2.75. The van der Waals surface area contributed by atoms with Crippen LogP contribution in [0, 0.1) is 4.91 Å². The summed E-state index contributed by atoms with van der Waals surface area (Å²) >= 11 is 1.65. The van der Waals surface area contributed by atoms with Crippen molar-refractivity contribution in [3.05, 3.63) is 4.91 Å². The van der Waals surface area contributed by atoms with Gasteiger partial charge in [0, 0.05) is 5.75 Å². The quantitative estimate of drug-likeness (QED) is 0.524. The first-order valence-corrected chi connectivity index (χ1v) is 3.50. The molecule has 1 rings (SSSR count). The van der Waals surface area contributed by atoms with Gasteiger partial charge in [-0.05, 0) is 0 Å². The van der Waals surface area contributed by atoms with E-state index in [-0.39, 0.29) is 5.44 Å². The van der Waals surface area contributed by atoms with E-state index >= 15 is 0 Å². The summed E-state index contributed by atoms with van der Waals surface area (Å²) in [5.41, 5.74) is 0.0486. The number of ether oxygens (including phenoxy) is 1. The first kappa shape index (κ1) is 6.04. The molecule has 0 aromatic rings. The van der Waals surface area contributed by atoms with Crippen molar-refractivity contribution in [2.24, 2.45) is 5.18 Å². The largest absolute Gasteiger partial charge is 0.365 e. The Morgan fingerprint density at radius 3 is 3.25 bits per heavy atom. The van der Waals surface area contributed by atoms with Crippen LogP contribution in [0.1, 0.15) is 0 Å². The van der Waals surface area contributed by atoms with E-state index in [0.29, 0.717) is 6.54 Å². The summed E-state index contributed by atoms with van der Waals surface area (Å²) in [7, 11) is 0. The number of nitrogens with zero attached hydrogens (tertiary/aromatic N) is 1. The summed E-state index contributed by atoms with van der Waals surface area (Å²) in [6.07, 6.45) is 0. The third-order valence-corrected chi connectivity index (χ3v) is 1.97. The van der Waals surface area contributed by atoms with E-state index in [1.54, 1.807) is 11.8 Å². The Hall–Kier alpha value is -0.0900. The van der Waals surface area contributed by atoms with Gasteiger partial charge >= 0.3 is 0 Å². The SMILES string of the molecule is O=NCC1OCCS1. The fraction of sp³-hybridized carbons (Fsp3) is 1.00. The summed E-state index contributed by atoms with van der Waals surface area (Å²) in [6.45, 7) is 1.07. The van der Waals surface area contributed by atoms with Gasteiger partial charge in [-0.2, -0.15) is 4.91 Å². The molecule has 1 fully saturated rings. The smallest absolute Gasteiger partial charge is 0.126 e. The number of hydrogen-bond acceptors (Lipinski definition) is 4. The highest BCUT2D eigenvalue weighted by Crippen LogP contribution is 2.18. The number of rotatable bonds is 2. The van der Waals surface area contributed by atoms with Gasteiger partial charge < -0.3 is 4.74 Å². The molecular weight excluding hydrogens is 126 g/mol. The monoisotopic (exact) mass is 133 g/mol. The van der Waals surface area contributed by atoms with Crippen LogP contribution in [0.15, 0.2) is 5.18 Å². The summed E-state index contributed by atoms with van der Waals surface area (Å²) < 4.78 is 5.06. The van der Waals surface area contributed by atoms with Gasteiger partial charge in [0.05, 0.1) is 6.61 Å². The molecule has 0 N–H and O–H groups in total. The van der Waals surface area contributed by atoms with Crippen LogP contribution in [-0.4, -0.2) is 24.3 Å². The van der Waals surface area contributed by atoms with Crippen LogP contribution in [0.3, 0.4) is 0 Å². The number of thioether (sulfide) groups is 1. The van der Waals surface area contributed by atoms with E-state index in [9.17, 15) is 4.91 Å². The molecule has 0 aromatic carbocycles. The van der Waals surface area contributed by atoms with Crippen LogP contribution in [0.5, 0.6) is 0 Å². The van der Waals surface area contributed by atoms with E-state index < -0.39 is 0 Å². The molecule has 0 amide bonds. The lowest BCUT2D eigenvalue weighted by molar-refractivity contribution is 0.149. The van der Waals surface area contributed by atoms with Crippen LogP contribution >= 0.6 is 11.8 Å². The Morgan fingerprint density at radius 2 is 2.75 bits per heavy atom. The van der Waals surface area contributed by atoms with Crippen molar-refractivity contribution in [2.45, 2.75) is 5.44 Å². The molecule has 1 aliphatic rings. The molecule has 1 aliphatic heterocycles. The van der Waals surface area contributed by atoms with Crippen molar-refractivity contribution in [1.29, 1.82) is 0 Å². The molecule has 1 heterocycles. The fourth-order valence-electron chi connectivity index (χ4n) is 0.573. The van der Waals surface area contributed by atoms with E-state index in [2.05, 4.69) is 5.18 Å². The van der Waals surface area contributed by atoms with Crippen LogP contribution < -0.4 is 0 Å². The molecule has 4 heteroatoms. The van der Waals surface area contributed by atoms with Gasteiger partial charge in [-0.15, -0.1) is 11.8 Å². The Balaban J connectivity index is 2.14. The minimum Gasteiger partial charge on any atom is -0.365 e. The third-order valence-electron chi connectivity index (χ3n) is 0.914. The molecule has 0 aliphatic carbocycles. The molecule has 0 spiro atoms. The highest BCUT2D eigenvalue weighted by atomic mass is 32.2. The van der Waals surface area contributed by atoms with Crippen molar-refractivity contribution in [3.8, 4) is 0 Å². The Kier molecular flexibility index (Phi) is 2.29. The van der Waals surface area contributed by atoms with Gasteiger partial charge in [-0.3, -0.25) is 0 Å². The normalized spacial score (nSPS) is 28.2. The van der Waals surface area contributed by atoms with Gasteiger partial charge in [-0.1, -0.05) is 5.18 Å². The standard InChI is InChI=1S/C4H7NO2S/c6-5-3-4-7-1-2-8-4/h4H,1-3H2. The van der Waals surface area contributed by atoms with Gasteiger partial charge in [-0.25, -0.2) is 0 Å². The molecule has 0 radical (unpaired) electrons. The van der Waals surface area contributed by atoms with Crippen LogP contribution in [0.25, 0.3) is 0 Å². The molecule has 3 nitrogen and oxygen atoms in total. The van der Waals surface area contributed by atoms with Gasteiger partial charge in [0.2, 0.25) is 0 Å². The highest BCUT2D eigenvalue weighted by molar-refractivity contribution is 8.00. The molecule has 8 heavy (non-hydrogen) atoms. The maximum Gasteiger partial charge on any atom is 0.126 e. The van der Waals surface area contributed by atoms with Crippen molar-refractivity contribution in [1.82, 2.24) is 0 Å². The summed E-state index contributed by atoms with van der Waals surface area (Å²) in [5.74, 6) is 1.00. The van der Waals surface area contributed by atoms with Gasteiger partial charge in [0.1, 0.15) is 12.0 Å². The minimum atomic E-state index is 0.0486. The van der Waals surface area contributed by atoms with Crippen molar-refractivity contribution in [2.75, 3.05) is 18.9 Å². The first-order chi connectivity index (χ1) is 3.93. The Bertz CT molecular complexity index is 82.1. The van der Waals surface area contributed by atoms with E-state index in [1.807, 2.05) is 0 Å². The van der Waals surface area contributed by atoms with E-state index in [4.69, 9.17) is 4.74 Å². The van der Waals surface area contributed by atoms with Gasteiger partial charge in [0.15, 0.2) is 0 Å². The summed E-state index contributed by atoms with van der Waals surface area (Å²) in [6, 6.07) is 0. The molecule has 0 aromatic heterocycles. The highest BCUT2D eigenvalue weighted by Gasteiger charge is 2.14. The molecular formula is C4H7NO2S. The Labute approximate surface area is 51.8 Å². The number of hydrogen-bond donors (Lipinski definition) is 0. The van der Waals surface area contributed by atoms with Gasteiger partial charge in [0.25, 0.3) is 0 Å². The maximum absolute atomic E-state index is 9.62.